The number of hydrogen-bond donors (Lipinski definition) is 1. The molecule has 29 heavy (non-hydrogen) atoms. The van der Waals surface area contributed by atoms with Crippen molar-refractivity contribution in [2.75, 3.05) is 5.32 Å². The molecule has 1 N–H and O–H groups in total. The quantitative estimate of drug-likeness (QED) is 0.484. The van der Waals surface area contributed by atoms with Gasteiger partial charge in [0.25, 0.3) is 5.91 Å². The van der Waals surface area contributed by atoms with Crippen molar-refractivity contribution < 1.29 is 18.0 Å². The van der Waals surface area contributed by atoms with Crippen LogP contribution in [0.4, 0.5) is 18.9 Å². The minimum atomic E-state index is -1.20. The van der Waals surface area contributed by atoms with Gasteiger partial charge < -0.3 is 5.32 Å². The fourth-order valence-corrected chi connectivity index (χ4v) is 3.66. The van der Waals surface area contributed by atoms with E-state index in [2.05, 4.69) is 15.4 Å². The molecule has 0 atom stereocenters. The molecule has 148 valence electrons. The van der Waals surface area contributed by atoms with Crippen LogP contribution in [-0.4, -0.2) is 20.7 Å². The molecule has 0 unspecified atom stereocenters. The Kier molecular flexibility index (Phi) is 4.83. The van der Waals surface area contributed by atoms with Crippen molar-refractivity contribution in [3.63, 3.8) is 0 Å². The highest BCUT2D eigenvalue weighted by atomic mass is 32.1. The van der Waals surface area contributed by atoms with Gasteiger partial charge in [-0.15, -0.1) is 11.3 Å². The Balaban J connectivity index is 1.85. The smallest absolute Gasteiger partial charge is 0.256 e. The Labute approximate surface area is 167 Å². The molecule has 0 aliphatic rings. The molecule has 0 saturated carbocycles. The minimum absolute atomic E-state index is 0.0125. The van der Waals surface area contributed by atoms with Gasteiger partial charge in [-0.25, -0.2) is 22.8 Å². The molecule has 4 aromatic rings. The number of amides is 1. The third-order valence-corrected chi connectivity index (χ3v) is 5.21. The van der Waals surface area contributed by atoms with Crippen molar-refractivity contribution in [3.05, 3.63) is 64.9 Å². The van der Waals surface area contributed by atoms with E-state index in [1.54, 1.807) is 10.7 Å². The summed E-state index contributed by atoms with van der Waals surface area (Å²) in [5, 5.41) is 8.82. The van der Waals surface area contributed by atoms with Crippen LogP contribution in [0.1, 0.15) is 30.2 Å². The van der Waals surface area contributed by atoms with Crippen LogP contribution in [0.15, 0.2) is 41.9 Å². The number of carbonyl (C=O) groups excluding carboxylic acids is 1. The van der Waals surface area contributed by atoms with Crippen molar-refractivity contribution in [3.8, 4) is 10.6 Å². The third-order valence-electron chi connectivity index (χ3n) is 4.32. The Hall–Kier alpha value is -3.20. The van der Waals surface area contributed by atoms with Crippen LogP contribution in [0.5, 0.6) is 0 Å². The van der Waals surface area contributed by atoms with Crippen LogP contribution < -0.4 is 5.32 Å². The zero-order valence-corrected chi connectivity index (χ0v) is 16.2. The number of nitrogens with one attached hydrogen (secondary N) is 1. The zero-order valence-electron chi connectivity index (χ0n) is 15.4. The molecule has 0 aliphatic carbocycles. The average molecular weight is 416 g/mol. The van der Waals surface area contributed by atoms with Gasteiger partial charge in [0.15, 0.2) is 17.3 Å². The zero-order chi connectivity index (χ0) is 20.7. The maximum Gasteiger partial charge on any atom is 0.256 e. The molecule has 4 rings (SSSR count). The Morgan fingerprint density at radius 2 is 1.90 bits per heavy atom. The molecular formula is C20H15F3N4OS. The van der Waals surface area contributed by atoms with E-state index in [4.69, 9.17) is 0 Å². The molecule has 9 heteroatoms. The molecule has 1 amide bonds. The summed E-state index contributed by atoms with van der Waals surface area (Å²) in [5.74, 6) is -4.21. The van der Waals surface area contributed by atoms with Gasteiger partial charge in [-0.05, 0) is 31.4 Å². The third kappa shape index (κ3) is 3.49. The normalized spacial score (nSPS) is 11.4. The summed E-state index contributed by atoms with van der Waals surface area (Å²) in [7, 11) is 0. The van der Waals surface area contributed by atoms with Crippen LogP contribution in [0.3, 0.4) is 0 Å². The molecule has 0 radical (unpaired) electrons. The first-order chi connectivity index (χ1) is 13.8. The second-order valence-electron chi connectivity index (χ2n) is 6.65. The fraction of sp³-hybridized carbons (Fsp3) is 0.150. The summed E-state index contributed by atoms with van der Waals surface area (Å²) in [6, 6.07) is 6.27. The number of halogens is 3. The summed E-state index contributed by atoms with van der Waals surface area (Å²) in [5.41, 5.74) is 0.472. The maximum absolute atomic E-state index is 14.0. The van der Waals surface area contributed by atoms with E-state index in [9.17, 15) is 18.0 Å². The number of nitrogens with zero attached hydrogens (tertiary/aromatic N) is 3. The highest BCUT2D eigenvalue weighted by Crippen LogP contribution is 2.30. The van der Waals surface area contributed by atoms with E-state index in [0.717, 1.165) is 4.88 Å². The van der Waals surface area contributed by atoms with E-state index >= 15 is 0 Å². The SMILES string of the molecule is CC(C)n1ncc2c(C(=O)Nc3c(F)cc(F)cc3F)cc(-c3cccs3)nc21. The van der Waals surface area contributed by atoms with Crippen LogP contribution in [0, 0.1) is 17.5 Å². The van der Waals surface area contributed by atoms with Gasteiger partial charge in [0, 0.05) is 18.2 Å². The van der Waals surface area contributed by atoms with E-state index in [0.29, 0.717) is 28.9 Å². The second-order valence-corrected chi connectivity index (χ2v) is 7.60. The summed E-state index contributed by atoms with van der Waals surface area (Å²) in [4.78, 5) is 18.4. The maximum atomic E-state index is 14.0. The first-order valence-electron chi connectivity index (χ1n) is 8.73. The van der Waals surface area contributed by atoms with Gasteiger partial charge in [-0.2, -0.15) is 5.10 Å². The first kappa shape index (κ1) is 19.1. The van der Waals surface area contributed by atoms with E-state index in [1.807, 2.05) is 31.4 Å². The lowest BCUT2D eigenvalue weighted by Gasteiger charge is -2.11. The van der Waals surface area contributed by atoms with Gasteiger partial charge >= 0.3 is 0 Å². The lowest BCUT2D eigenvalue weighted by molar-refractivity contribution is 0.102. The topological polar surface area (TPSA) is 59.8 Å². The van der Waals surface area contributed by atoms with Crippen molar-refractivity contribution >= 4 is 34.0 Å². The van der Waals surface area contributed by atoms with Gasteiger partial charge in [0.1, 0.15) is 11.5 Å². The van der Waals surface area contributed by atoms with Crippen LogP contribution in [0.25, 0.3) is 21.6 Å². The predicted octanol–water partition coefficient (Wildman–Crippen LogP) is 5.41. The van der Waals surface area contributed by atoms with Gasteiger partial charge in [-0.3, -0.25) is 4.79 Å². The summed E-state index contributed by atoms with van der Waals surface area (Å²) >= 11 is 1.45. The van der Waals surface area contributed by atoms with E-state index in [-0.39, 0.29) is 11.6 Å². The lowest BCUT2D eigenvalue weighted by Crippen LogP contribution is -2.15. The minimum Gasteiger partial charge on any atom is -0.317 e. The Morgan fingerprint density at radius 3 is 2.52 bits per heavy atom. The number of aromatic nitrogens is 3. The molecule has 0 bridgehead atoms. The molecule has 3 aromatic heterocycles. The molecule has 3 heterocycles. The molecule has 0 fully saturated rings. The monoisotopic (exact) mass is 416 g/mol. The number of hydrogen-bond acceptors (Lipinski definition) is 4. The van der Waals surface area contributed by atoms with Crippen LogP contribution >= 0.6 is 11.3 Å². The molecule has 0 saturated heterocycles. The second kappa shape index (κ2) is 7.32. The van der Waals surface area contributed by atoms with Gasteiger partial charge in [0.2, 0.25) is 0 Å². The number of anilines is 1. The first-order valence-corrected chi connectivity index (χ1v) is 9.61. The largest absolute Gasteiger partial charge is 0.317 e. The highest BCUT2D eigenvalue weighted by molar-refractivity contribution is 7.13. The number of fused-ring (bicyclic) bond motifs is 1. The fourth-order valence-electron chi connectivity index (χ4n) is 2.98. The molecule has 0 aliphatic heterocycles. The number of benzene rings is 1. The van der Waals surface area contributed by atoms with Crippen molar-refractivity contribution in [2.24, 2.45) is 0 Å². The summed E-state index contributed by atoms with van der Waals surface area (Å²) < 4.78 is 42.8. The van der Waals surface area contributed by atoms with Crippen molar-refractivity contribution in [1.82, 2.24) is 14.8 Å². The molecule has 5 nitrogen and oxygen atoms in total. The van der Waals surface area contributed by atoms with Gasteiger partial charge in [0.05, 0.1) is 27.7 Å². The van der Waals surface area contributed by atoms with E-state index < -0.39 is 29.0 Å². The molecule has 0 spiro atoms. The average Bonchev–Trinajstić information content (AvgIpc) is 3.33. The molecular weight excluding hydrogens is 401 g/mol. The standard InChI is InChI=1S/C20H15F3N4OS/c1-10(2)27-19-13(9-24-27)12(8-16(25-19)17-4-3-5-29-17)20(28)26-18-14(22)6-11(21)7-15(18)23/h3-10H,1-2H3,(H,26,28). The Bertz CT molecular complexity index is 1200. The van der Waals surface area contributed by atoms with Crippen LogP contribution in [0.2, 0.25) is 0 Å². The number of rotatable bonds is 4. The van der Waals surface area contributed by atoms with E-state index in [1.165, 1.54) is 17.5 Å². The van der Waals surface area contributed by atoms with Gasteiger partial charge in [-0.1, -0.05) is 6.07 Å². The number of thiophene rings is 1. The van der Waals surface area contributed by atoms with Crippen molar-refractivity contribution in [1.29, 1.82) is 0 Å². The Morgan fingerprint density at radius 1 is 1.17 bits per heavy atom. The molecule has 1 aromatic carbocycles. The summed E-state index contributed by atoms with van der Waals surface area (Å²) in [6.07, 6.45) is 1.49. The summed E-state index contributed by atoms with van der Waals surface area (Å²) in [6.45, 7) is 3.85. The lowest BCUT2D eigenvalue weighted by atomic mass is 10.1. The number of carbonyl (C=O) groups is 1. The predicted molar refractivity (Wildman–Crippen MR) is 105 cm³/mol. The van der Waals surface area contributed by atoms with Crippen molar-refractivity contribution in [2.45, 2.75) is 19.9 Å². The number of pyridine rings is 1. The van der Waals surface area contributed by atoms with Crippen LogP contribution in [-0.2, 0) is 0 Å². The highest BCUT2D eigenvalue weighted by Gasteiger charge is 2.21.